The first-order valence-corrected chi connectivity index (χ1v) is 13.8. The molecule has 5 rings (SSSR count). The number of esters is 1. The number of ether oxygens (including phenoxy) is 1. The molecule has 0 aliphatic rings. The maximum Gasteiger partial charge on any atom is 0.534 e. The van der Waals surface area contributed by atoms with Crippen molar-refractivity contribution in [2.24, 2.45) is 0 Å². The molecule has 3 aromatic carbocycles. The molecule has 2 aromatic heterocycles. The van der Waals surface area contributed by atoms with E-state index >= 15 is 0 Å². The van der Waals surface area contributed by atoms with Crippen molar-refractivity contribution in [3.8, 4) is 34.8 Å². The number of carbonyl (C=O) groups is 1. The van der Waals surface area contributed by atoms with Crippen molar-refractivity contribution >= 4 is 38.0 Å². The monoisotopic (exact) mass is 626 g/mol. The smallest absolute Gasteiger partial charge is 0.507 e. The van der Waals surface area contributed by atoms with Crippen LogP contribution in [0.5, 0.6) is 11.5 Å². The Hall–Kier alpha value is -5.47. The van der Waals surface area contributed by atoms with Crippen molar-refractivity contribution in [3.05, 3.63) is 83.8 Å². The number of aromatic hydroxyl groups is 1. The van der Waals surface area contributed by atoms with E-state index in [1.54, 1.807) is 57.4 Å². The number of nitrogens with zero attached hydrogens (tertiary/aromatic N) is 2. The number of alkyl halides is 3. The van der Waals surface area contributed by atoms with E-state index < -0.39 is 32.9 Å². The highest BCUT2D eigenvalue weighted by atomic mass is 32.2. The molecule has 226 valence electrons. The van der Waals surface area contributed by atoms with E-state index in [0.29, 0.717) is 16.7 Å². The fourth-order valence-corrected chi connectivity index (χ4v) is 4.39. The van der Waals surface area contributed by atoms with Crippen LogP contribution >= 0.6 is 0 Å². The summed E-state index contributed by atoms with van der Waals surface area (Å²) in [6, 6.07) is 17.0. The normalized spacial score (nSPS) is 11.7. The highest BCUT2D eigenvalue weighted by molar-refractivity contribution is 7.88. The predicted molar refractivity (Wildman–Crippen MR) is 150 cm³/mol. The lowest BCUT2D eigenvalue weighted by atomic mass is 9.98. The molecule has 14 heteroatoms. The summed E-state index contributed by atoms with van der Waals surface area (Å²) in [6.45, 7) is 5.29. The lowest BCUT2D eigenvalue weighted by molar-refractivity contribution is -0.0499. The van der Waals surface area contributed by atoms with Crippen LogP contribution in [0.4, 0.5) is 13.2 Å². The van der Waals surface area contributed by atoms with Gasteiger partial charge in [0.05, 0.1) is 41.2 Å². The van der Waals surface area contributed by atoms with Crippen molar-refractivity contribution in [1.82, 2.24) is 0 Å². The van der Waals surface area contributed by atoms with Crippen molar-refractivity contribution in [2.75, 3.05) is 0 Å². The van der Waals surface area contributed by atoms with Crippen LogP contribution in [0.2, 0.25) is 0 Å². The van der Waals surface area contributed by atoms with Gasteiger partial charge in [-0.3, -0.25) is 0 Å². The van der Waals surface area contributed by atoms with E-state index in [-0.39, 0.29) is 27.8 Å². The first-order chi connectivity index (χ1) is 20.5. The number of phenols is 1. The summed E-state index contributed by atoms with van der Waals surface area (Å²) in [6.07, 6.45) is 2.68. The number of hydrogen-bond acceptors (Lipinski definition) is 10. The number of hydrogen-bond donors (Lipinski definition) is 1. The average Bonchev–Trinajstić information content (AvgIpc) is 3.60. The minimum Gasteiger partial charge on any atom is -0.507 e. The number of carbonyl (C=O) groups excluding carboxylic acids is 1. The summed E-state index contributed by atoms with van der Waals surface area (Å²) in [5.74, 6) is -1.37. The molecule has 0 aliphatic carbocycles. The van der Waals surface area contributed by atoms with E-state index in [0.717, 1.165) is 23.3 Å². The van der Waals surface area contributed by atoms with Crippen LogP contribution in [0.25, 0.3) is 33.1 Å². The molecular weight excluding hydrogens is 605 g/mol. The zero-order chi connectivity index (χ0) is 32.4. The largest absolute Gasteiger partial charge is 0.534 e. The third kappa shape index (κ3) is 6.77. The molecule has 0 bridgehead atoms. The van der Waals surface area contributed by atoms with Gasteiger partial charge in [-0.1, -0.05) is 6.07 Å². The zero-order valence-corrected chi connectivity index (χ0v) is 23.9. The molecule has 0 unspecified atom stereocenters. The number of nitriles is 2. The quantitative estimate of drug-likeness (QED) is 0.123. The van der Waals surface area contributed by atoms with Gasteiger partial charge in [-0.05, 0) is 74.4 Å². The highest BCUT2D eigenvalue weighted by Gasteiger charge is 2.48. The second-order valence-corrected chi connectivity index (χ2v) is 11.6. The molecule has 44 heavy (non-hydrogen) atoms. The Balaban J connectivity index is 0.000000209. The Morgan fingerprint density at radius 2 is 1.43 bits per heavy atom. The number of fused-ring (bicyclic) bond motifs is 2. The van der Waals surface area contributed by atoms with Gasteiger partial charge in [0, 0.05) is 11.5 Å². The third-order valence-corrected chi connectivity index (χ3v) is 6.74. The molecule has 0 spiro atoms. The first kappa shape index (κ1) is 31.5. The SMILES string of the molecule is CC(C)(C)OC(=O)c1ccc(-c2cc(C#N)cc3occc23)cc1O.N#Cc1cc(OS(=O)(=O)C(F)(F)F)c2ccoc2c1. The van der Waals surface area contributed by atoms with E-state index in [1.165, 1.54) is 24.3 Å². The Morgan fingerprint density at radius 3 is 1.98 bits per heavy atom. The van der Waals surface area contributed by atoms with Crippen molar-refractivity contribution in [1.29, 1.82) is 10.5 Å². The lowest BCUT2D eigenvalue weighted by Gasteiger charge is -2.20. The standard InChI is InChI=1S/C20H17NO4.C10H4F3NO4S/c1-20(2,3)25-19(23)15-5-4-13(10-17(15)22)16-8-12(11-21)9-18-14(16)6-7-24-18;11-10(12,13)19(15,16)18-9-4-6(5-14)3-8-7(9)1-2-17-8/h4-10,22H,1-3H3;1-4H. The van der Waals surface area contributed by atoms with Gasteiger partial charge in [0.15, 0.2) is 5.75 Å². The number of furan rings is 2. The molecular formula is C30H21F3N2O8S. The van der Waals surface area contributed by atoms with Crippen molar-refractivity contribution in [3.63, 3.8) is 0 Å². The van der Waals surface area contributed by atoms with E-state index in [9.17, 15) is 36.8 Å². The van der Waals surface area contributed by atoms with Crippen LogP contribution in [0.1, 0.15) is 42.3 Å². The molecule has 0 saturated heterocycles. The second kappa shape index (κ2) is 11.7. The molecule has 0 atom stereocenters. The third-order valence-electron chi connectivity index (χ3n) is 5.77. The van der Waals surface area contributed by atoms with Gasteiger partial charge in [-0.2, -0.15) is 32.1 Å². The van der Waals surface area contributed by atoms with Crippen LogP contribution in [-0.2, 0) is 14.9 Å². The summed E-state index contributed by atoms with van der Waals surface area (Å²) in [5.41, 5.74) is -3.68. The molecule has 0 fully saturated rings. The lowest BCUT2D eigenvalue weighted by Crippen LogP contribution is -2.28. The molecule has 5 aromatic rings. The number of benzene rings is 3. The number of rotatable bonds is 4. The second-order valence-electron chi connectivity index (χ2n) is 10.1. The van der Waals surface area contributed by atoms with Gasteiger partial charge >= 0.3 is 21.6 Å². The van der Waals surface area contributed by atoms with Crippen molar-refractivity contribution in [2.45, 2.75) is 31.9 Å². The minimum absolute atomic E-state index is 0.0202. The fourth-order valence-electron chi connectivity index (χ4n) is 3.92. The molecule has 0 amide bonds. The van der Waals surface area contributed by atoms with E-state index in [4.69, 9.17) is 18.8 Å². The van der Waals surface area contributed by atoms with Gasteiger partial charge in [-0.15, -0.1) is 0 Å². The summed E-state index contributed by atoms with van der Waals surface area (Å²) in [5, 5.41) is 29.0. The Labute approximate surface area is 248 Å². The van der Waals surface area contributed by atoms with Gasteiger partial charge in [0.1, 0.15) is 28.1 Å². The van der Waals surface area contributed by atoms with E-state index in [2.05, 4.69) is 10.3 Å². The highest BCUT2D eigenvalue weighted by Crippen LogP contribution is 2.35. The van der Waals surface area contributed by atoms with Crippen molar-refractivity contribution < 1.29 is 49.2 Å². The van der Waals surface area contributed by atoms with Gasteiger partial charge in [-0.25, -0.2) is 4.79 Å². The fraction of sp³-hybridized carbons (Fsp3) is 0.167. The Morgan fingerprint density at radius 1 is 0.864 bits per heavy atom. The van der Waals surface area contributed by atoms with Crippen LogP contribution in [-0.4, -0.2) is 30.6 Å². The van der Waals surface area contributed by atoms with Gasteiger partial charge in [0.2, 0.25) is 0 Å². The predicted octanol–water partition coefficient (Wildman–Crippen LogP) is 7.17. The molecule has 0 saturated carbocycles. The summed E-state index contributed by atoms with van der Waals surface area (Å²) in [7, 11) is -5.80. The Kier molecular flexibility index (Phi) is 8.34. The topological polar surface area (TPSA) is 164 Å². The van der Waals surface area contributed by atoms with Gasteiger partial charge in [0.25, 0.3) is 0 Å². The summed E-state index contributed by atoms with van der Waals surface area (Å²) < 4.78 is 78.1. The molecule has 2 heterocycles. The molecule has 0 radical (unpaired) electrons. The first-order valence-electron chi connectivity index (χ1n) is 12.4. The summed E-state index contributed by atoms with van der Waals surface area (Å²) >= 11 is 0. The number of phenolic OH excluding ortho intramolecular Hbond substituents is 1. The molecule has 1 N–H and O–H groups in total. The molecule has 10 nitrogen and oxygen atoms in total. The van der Waals surface area contributed by atoms with Crippen LogP contribution in [0, 0.1) is 22.7 Å². The van der Waals surface area contributed by atoms with E-state index in [1.807, 2.05) is 0 Å². The van der Waals surface area contributed by atoms with Crippen LogP contribution in [0.15, 0.2) is 76.0 Å². The average molecular weight is 627 g/mol. The maximum atomic E-state index is 12.2. The minimum atomic E-state index is -5.80. The number of halogens is 3. The summed E-state index contributed by atoms with van der Waals surface area (Å²) in [4.78, 5) is 12.2. The van der Waals surface area contributed by atoms with Gasteiger partial charge < -0.3 is 22.9 Å². The van der Waals surface area contributed by atoms with Crippen LogP contribution in [0.3, 0.4) is 0 Å². The van der Waals surface area contributed by atoms with Crippen LogP contribution < -0.4 is 4.18 Å². The maximum absolute atomic E-state index is 12.2. The zero-order valence-electron chi connectivity index (χ0n) is 23.1. The Bertz CT molecular complexity index is 2080. The molecule has 0 aliphatic heterocycles.